The highest BCUT2D eigenvalue weighted by Crippen LogP contribution is 2.19. The van der Waals surface area contributed by atoms with E-state index in [1.807, 2.05) is 63.2 Å². The molecule has 110 valence electrons. The van der Waals surface area contributed by atoms with E-state index in [1.54, 1.807) is 6.92 Å². The summed E-state index contributed by atoms with van der Waals surface area (Å²) in [7, 11) is 0. The molecule has 0 saturated heterocycles. The van der Waals surface area contributed by atoms with E-state index in [2.05, 4.69) is 5.32 Å². The Morgan fingerprint density at radius 3 is 2.52 bits per heavy atom. The minimum absolute atomic E-state index is 0.148. The van der Waals surface area contributed by atoms with Gasteiger partial charge in [0.15, 0.2) is 6.10 Å². The van der Waals surface area contributed by atoms with Crippen molar-refractivity contribution in [2.75, 3.05) is 5.32 Å². The second-order valence-electron chi connectivity index (χ2n) is 5.31. The second kappa shape index (κ2) is 6.44. The molecule has 0 bridgehead atoms. The van der Waals surface area contributed by atoms with E-state index >= 15 is 0 Å². The number of ether oxygens (including phenoxy) is 1. The third kappa shape index (κ3) is 3.85. The molecule has 0 aliphatic carbocycles. The number of benzene rings is 2. The van der Waals surface area contributed by atoms with Gasteiger partial charge in [-0.3, -0.25) is 4.79 Å². The van der Waals surface area contributed by atoms with Crippen LogP contribution in [0.1, 0.15) is 23.6 Å². The number of hydrogen-bond acceptors (Lipinski definition) is 2. The van der Waals surface area contributed by atoms with E-state index in [0.717, 1.165) is 22.4 Å². The van der Waals surface area contributed by atoms with Crippen molar-refractivity contribution in [3.8, 4) is 5.75 Å². The Bertz CT molecular complexity index is 649. The molecule has 2 aromatic carbocycles. The van der Waals surface area contributed by atoms with Gasteiger partial charge in [0.1, 0.15) is 5.75 Å². The zero-order valence-electron chi connectivity index (χ0n) is 12.9. The lowest BCUT2D eigenvalue weighted by molar-refractivity contribution is -0.122. The smallest absolute Gasteiger partial charge is 0.265 e. The summed E-state index contributed by atoms with van der Waals surface area (Å²) in [5.41, 5.74) is 4.17. The number of hydrogen-bond donors (Lipinski definition) is 1. The fourth-order valence-electron chi connectivity index (χ4n) is 2.07. The lowest BCUT2D eigenvalue weighted by Gasteiger charge is -2.16. The van der Waals surface area contributed by atoms with Gasteiger partial charge in [0.2, 0.25) is 0 Å². The van der Waals surface area contributed by atoms with E-state index < -0.39 is 6.10 Å². The summed E-state index contributed by atoms with van der Waals surface area (Å²) >= 11 is 0. The molecule has 0 unspecified atom stereocenters. The average Bonchev–Trinajstić information content (AvgIpc) is 2.44. The van der Waals surface area contributed by atoms with Gasteiger partial charge < -0.3 is 10.1 Å². The summed E-state index contributed by atoms with van der Waals surface area (Å²) in [6.07, 6.45) is -0.549. The van der Waals surface area contributed by atoms with Crippen molar-refractivity contribution in [2.24, 2.45) is 0 Å². The molecule has 3 nitrogen and oxygen atoms in total. The highest BCUT2D eigenvalue weighted by Gasteiger charge is 2.16. The topological polar surface area (TPSA) is 38.3 Å². The Hall–Kier alpha value is -2.29. The molecule has 0 aliphatic heterocycles. The molecule has 0 fully saturated rings. The van der Waals surface area contributed by atoms with Gasteiger partial charge in [-0.05, 0) is 62.6 Å². The van der Waals surface area contributed by atoms with Gasteiger partial charge in [-0.1, -0.05) is 24.3 Å². The van der Waals surface area contributed by atoms with Crippen molar-refractivity contribution in [1.82, 2.24) is 0 Å². The maximum absolute atomic E-state index is 12.2. The number of rotatable bonds is 4. The normalized spacial score (nSPS) is 11.8. The first-order valence-electron chi connectivity index (χ1n) is 7.08. The third-order valence-corrected chi connectivity index (χ3v) is 3.53. The monoisotopic (exact) mass is 283 g/mol. The van der Waals surface area contributed by atoms with Gasteiger partial charge in [0.05, 0.1) is 0 Å². The fraction of sp³-hybridized carbons (Fsp3) is 0.278. The van der Waals surface area contributed by atoms with Gasteiger partial charge in [-0.2, -0.15) is 0 Å². The minimum Gasteiger partial charge on any atom is -0.481 e. The molecule has 1 atom stereocenters. The van der Waals surface area contributed by atoms with Gasteiger partial charge in [-0.15, -0.1) is 0 Å². The van der Waals surface area contributed by atoms with Crippen molar-refractivity contribution in [1.29, 1.82) is 0 Å². The van der Waals surface area contributed by atoms with E-state index in [0.29, 0.717) is 5.75 Å². The summed E-state index contributed by atoms with van der Waals surface area (Å²) in [6, 6.07) is 13.5. The Morgan fingerprint density at radius 2 is 1.81 bits per heavy atom. The first-order valence-corrected chi connectivity index (χ1v) is 7.08. The van der Waals surface area contributed by atoms with Crippen molar-refractivity contribution in [3.05, 3.63) is 59.2 Å². The number of anilines is 1. The van der Waals surface area contributed by atoms with E-state index in [1.165, 1.54) is 0 Å². The molecular formula is C18H21NO2. The van der Waals surface area contributed by atoms with Crippen molar-refractivity contribution in [2.45, 2.75) is 33.8 Å². The predicted octanol–water partition coefficient (Wildman–Crippen LogP) is 4.02. The Morgan fingerprint density at radius 1 is 1.10 bits per heavy atom. The summed E-state index contributed by atoms with van der Waals surface area (Å²) in [4.78, 5) is 12.2. The lowest BCUT2D eigenvalue weighted by Crippen LogP contribution is -2.30. The van der Waals surface area contributed by atoms with Crippen LogP contribution in [0, 0.1) is 20.8 Å². The largest absolute Gasteiger partial charge is 0.481 e. The summed E-state index contributed by atoms with van der Waals surface area (Å²) in [5, 5.41) is 2.92. The molecule has 0 radical (unpaired) electrons. The summed E-state index contributed by atoms with van der Waals surface area (Å²) < 4.78 is 5.69. The van der Waals surface area contributed by atoms with Crippen molar-refractivity contribution < 1.29 is 9.53 Å². The van der Waals surface area contributed by atoms with Crippen LogP contribution in [0.4, 0.5) is 5.69 Å². The van der Waals surface area contributed by atoms with Crippen LogP contribution in [-0.2, 0) is 4.79 Å². The average molecular weight is 283 g/mol. The van der Waals surface area contributed by atoms with Crippen LogP contribution in [0.3, 0.4) is 0 Å². The molecular weight excluding hydrogens is 262 g/mol. The fourth-order valence-corrected chi connectivity index (χ4v) is 2.07. The zero-order valence-corrected chi connectivity index (χ0v) is 12.9. The summed E-state index contributed by atoms with van der Waals surface area (Å²) in [5.74, 6) is 0.559. The van der Waals surface area contributed by atoms with Crippen LogP contribution in [0.25, 0.3) is 0 Å². The molecule has 1 N–H and O–H groups in total. The van der Waals surface area contributed by atoms with Crippen LogP contribution in [-0.4, -0.2) is 12.0 Å². The van der Waals surface area contributed by atoms with Gasteiger partial charge in [0.25, 0.3) is 5.91 Å². The van der Waals surface area contributed by atoms with E-state index in [9.17, 15) is 4.79 Å². The lowest BCUT2D eigenvalue weighted by atomic mass is 10.1. The van der Waals surface area contributed by atoms with Crippen LogP contribution >= 0.6 is 0 Å². The standard InChI is InChI=1S/C18H21NO2/c1-12-7-5-9-16(11-12)21-15(4)18(20)19-17-10-6-8-13(2)14(17)3/h5-11,15H,1-4H3,(H,19,20)/t15-/m1/s1. The number of aryl methyl sites for hydroxylation is 2. The maximum atomic E-state index is 12.2. The Labute approximate surface area is 126 Å². The Balaban J connectivity index is 2.04. The maximum Gasteiger partial charge on any atom is 0.265 e. The molecule has 3 heteroatoms. The molecule has 0 aliphatic rings. The number of carbonyl (C=O) groups is 1. The first kappa shape index (κ1) is 15.1. The SMILES string of the molecule is Cc1cccc(O[C@H](C)C(=O)Nc2cccc(C)c2C)c1. The molecule has 21 heavy (non-hydrogen) atoms. The van der Waals surface area contributed by atoms with Crippen LogP contribution in [0.2, 0.25) is 0 Å². The van der Waals surface area contributed by atoms with Gasteiger partial charge >= 0.3 is 0 Å². The molecule has 0 heterocycles. The Kier molecular flexibility index (Phi) is 4.63. The van der Waals surface area contributed by atoms with Crippen LogP contribution in [0.5, 0.6) is 5.75 Å². The van der Waals surface area contributed by atoms with E-state index in [-0.39, 0.29) is 5.91 Å². The first-order chi connectivity index (χ1) is 9.97. The molecule has 2 aromatic rings. The second-order valence-corrected chi connectivity index (χ2v) is 5.31. The van der Waals surface area contributed by atoms with Crippen LogP contribution < -0.4 is 10.1 Å². The quantitative estimate of drug-likeness (QED) is 0.920. The molecule has 1 amide bonds. The molecule has 2 rings (SSSR count). The predicted molar refractivity (Wildman–Crippen MR) is 85.8 cm³/mol. The number of amides is 1. The molecule has 0 aromatic heterocycles. The zero-order chi connectivity index (χ0) is 15.4. The summed E-state index contributed by atoms with van der Waals surface area (Å²) in [6.45, 7) is 7.77. The molecule has 0 saturated carbocycles. The highest BCUT2D eigenvalue weighted by molar-refractivity contribution is 5.94. The number of nitrogens with one attached hydrogen (secondary N) is 1. The highest BCUT2D eigenvalue weighted by atomic mass is 16.5. The van der Waals surface area contributed by atoms with Crippen molar-refractivity contribution in [3.63, 3.8) is 0 Å². The van der Waals surface area contributed by atoms with Crippen LogP contribution in [0.15, 0.2) is 42.5 Å². The molecule has 0 spiro atoms. The van der Waals surface area contributed by atoms with Crippen molar-refractivity contribution >= 4 is 11.6 Å². The third-order valence-electron chi connectivity index (χ3n) is 3.53. The van der Waals surface area contributed by atoms with E-state index in [4.69, 9.17) is 4.74 Å². The number of carbonyl (C=O) groups excluding carboxylic acids is 1. The van der Waals surface area contributed by atoms with Gasteiger partial charge in [-0.25, -0.2) is 0 Å². The van der Waals surface area contributed by atoms with Gasteiger partial charge in [0, 0.05) is 5.69 Å². The minimum atomic E-state index is -0.549.